The summed E-state index contributed by atoms with van der Waals surface area (Å²) in [6.07, 6.45) is -0.305. The van der Waals surface area contributed by atoms with E-state index in [9.17, 15) is 10.1 Å². The number of nitrogens with two attached hydrogens (primary N) is 1. The summed E-state index contributed by atoms with van der Waals surface area (Å²) in [5.74, 6) is 0.537. The van der Waals surface area contributed by atoms with Crippen LogP contribution in [0.4, 0.5) is 17.3 Å². The van der Waals surface area contributed by atoms with Gasteiger partial charge < -0.3 is 20.5 Å². The van der Waals surface area contributed by atoms with Gasteiger partial charge in [-0.2, -0.15) is 0 Å². The van der Waals surface area contributed by atoms with Crippen LogP contribution in [0, 0.1) is 10.1 Å². The Labute approximate surface area is 103 Å². The lowest BCUT2D eigenvalue weighted by Gasteiger charge is -2.32. The van der Waals surface area contributed by atoms with Gasteiger partial charge in [-0.1, -0.05) is 0 Å². The van der Waals surface area contributed by atoms with Crippen LogP contribution in [0.3, 0.4) is 0 Å². The first-order chi connectivity index (χ1) is 8.60. The van der Waals surface area contributed by atoms with Crippen molar-refractivity contribution in [3.05, 3.63) is 22.2 Å². The lowest BCUT2D eigenvalue weighted by Crippen LogP contribution is -2.44. The number of pyridine rings is 1. The fraction of sp³-hybridized carbons (Fsp3) is 0.500. The predicted octanol–water partition coefficient (Wildman–Crippen LogP) is -0.231. The van der Waals surface area contributed by atoms with Crippen molar-refractivity contribution in [3.63, 3.8) is 0 Å². The Kier molecular flexibility index (Phi) is 3.58. The quantitative estimate of drug-likeness (QED) is 0.565. The van der Waals surface area contributed by atoms with Gasteiger partial charge in [0.2, 0.25) is 0 Å². The number of hydrogen-bond acceptors (Lipinski definition) is 7. The molecule has 0 spiro atoms. The minimum absolute atomic E-state index is 0.0930. The molecular weight excluding hydrogens is 240 g/mol. The largest absolute Gasteiger partial charge is 0.394 e. The molecule has 1 atom stereocenters. The molecule has 1 fully saturated rings. The number of nitrogens with zero attached hydrogens (tertiary/aromatic N) is 3. The van der Waals surface area contributed by atoms with E-state index in [4.69, 9.17) is 15.6 Å². The lowest BCUT2D eigenvalue weighted by atomic mass is 10.2. The van der Waals surface area contributed by atoms with Gasteiger partial charge in [-0.15, -0.1) is 0 Å². The number of nitrogen functional groups attached to an aromatic ring is 1. The Morgan fingerprint density at radius 1 is 1.67 bits per heavy atom. The molecule has 8 nitrogen and oxygen atoms in total. The van der Waals surface area contributed by atoms with Crippen LogP contribution in [0.5, 0.6) is 0 Å². The summed E-state index contributed by atoms with van der Waals surface area (Å²) in [5, 5.41) is 19.8. The average molecular weight is 254 g/mol. The molecule has 0 amide bonds. The molecule has 0 aromatic carbocycles. The summed E-state index contributed by atoms with van der Waals surface area (Å²) < 4.78 is 5.30. The molecule has 2 rings (SSSR count). The minimum atomic E-state index is -0.508. The molecular formula is C10H14N4O4. The van der Waals surface area contributed by atoms with Crippen LogP contribution in [0.2, 0.25) is 0 Å². The molecule has 1 unspecified atom stereocenters. The smallest absolute Gasteiger partial charge is 0.276 e. The van der Waals surface area contributed by atoms with Crippen molar-refractivity contribution in [1.82, 2.24) is 4.98 Å². The first-order valence-corrected chi connectivity index (χ1v) is 5.49. The number of rotatable bonds is 3. The van der Waals surface area contributed by atoms with Crippen LogP contribution < -0.4 is 10.6 Å². The lowest BCUT2D eigenvalue weighted by molar-refractivity contribution is -0.384. The number of aliphatic hydroxyl groups excluding tert-OH is 1. The molecule has 0 radical (unpaired) electrons. The van der Waals surface area contributed by atoms with Crippen LogP contribution in [-0.2, 0) is 4.74 Å². The van der Waals surface area contributed by atoms with Crippen molar-refractivity contribution in [2.45, 2.75) is 6.10 Å². The van der Waals surface area contributed by atoms with Crippen molar-refractivity contribution < 1.29 is 14.8 Å². The number of ether oxygens (including phenoxy) is 1. The fourth-order valence-corrected chi connectivity index (χ4v) is 1.83. The Bertz CT molecular complexity index is 454. The Balaban J connectivity index is 2.24. The zero-order valence-corrected chi connectivity index (χ0v) is 9.65. The maximum Gasteiger partial charge on any atom is 0.276 e. The minimum Gasteiger partial charge on any atom is -0.394 e. The molecule has 98 valence electrons. The van der Waals surface area contributed by atoms with Gasteiger partial charge in [-0.05, 0) is 0 Å². The van der Waals surface area contributed by atoms with Crippen molar-refractivity contribution in [2.75, 3.05) is 36.9 Å². The van der Waals surface area contributed by atoms with Crippen molar-refractivity contribution in [1.29, 1.82) is 0 Å². The van der Waals surface area contributed by atoms with Crippen molar-refractivity contribution in [2.24, 2.45) is 0 Å². The van der Waals surface area contributed by atoms with E-state index in [1.807, 2.05) is 4.90 Å². The highest BCUT2D eigenvalue weighted by atomic mass is 16.6. The van der Waals surface area contributed by atoms with E-state index < -0.39 is 4.92 Å². The molecule has 0 aliphatic carbocycles. The van der Waals surface area contributed by atoms with Crippen molar-refractivity contribution in [3.8, 4) is 0 Å². The van der Waals surface area contributed by atoms with E-state index in [1.165, 1.54) is 12.1 Å². The third-order valence-electron chi connectivity index (χ3n) is 2.69. The molecule has 1 aliphatic heterocycles. The van der Waals surface area contributed by atoms with Gasteiger partial charge in [0, 0.05) is 13.1 Å². The SMILES string of the molecule is Nc1cc([N+](=O)[O-])cc(N2CCOC(CO)C2)n1. The van der Waals surface area contributed by atoms with Crippen molar-refractivity contribution >= 4 is 17.3 Å². The van der Waals surface area contributed by atoms with E-state index in [1.54, 1.807) is 0 Å². The summed E-state index contributed by atoms with van der Waals surface area (Å²) in [7, 11) is 0. The number of nitro groups is 1. The van der Waals surface area contributed by atoms with Gasteiger partial charge in [0.15, 0.2) is 0 Å². The average Bonchev–Trinajstić information content (AvgIpc) is 2.38. The van der Waals surface area contributed by atoms with Gasteiger partial charge >= 0.3 is 0 Å². The number of anilines is 2. The maximum absolute atomic E-state index is 10.7. The second-order valence-corrected chi connectivity index (χ2v) is 3.99. The summed E-state index contributed by atoms with van der Waals surface area (Å²) >= 11 is 0. The van der Waals surface area contributed by atoms with Gasteiger partial charge in [0.1, 0.15) is 11.6 Å². The highest BCUT2D eigenvalue weighted by Crippen LogP contribution is 2.23. The third-order valence-corrected chi connectivity index (χ3v) is 2.69. The van der Waals surface area contributed by atoms with Crippen LogP contribution >= 0.6 is 0 Å². The summed E-state index contributed by atoms with van der Waals surface area (Å²) in [5.41, 5.74) is 5.46. The Hall–Kier alpha value is -1.93. The van der Waals surface area contributed by atoms with E-state index in [-0.39, 0.29) is 24.2 Å². The standard InChI is InChI=1S/C10H14N4O4/c11-9-3-7(14(16)17)4-10(12-9)13-1-2-18-8(5-13)6-15/h3-4,8,15H,1-2,5-6H2,(H2,11,12). The van der Waals surface area contributed by atoms with Gasteiger partial charge in [0.25, 0.3) is 5.69 Å². The van der Waals surface area contributed by atoms with Gasteiger partial charge in [0.05, 0.1) is 36.4 Å². The second-order valence-electron chi connectivity index (χ2n) is 3.99. The van der Waals surface area contributed by atoms with E-state index in [0.717, 1.165) is 0 Å². The zero-order valence-electron chi connectivity index (χ0n) is 9.65. The summed E-state index contributed by atoms with van der Waals surface area (Å²) in [4.78, 5) is 16.1. The molecule has 0 saturated carbocycles. The normalized spacial score (nSPS) is 19.8. The first kappa shape index (κ1) is 12.5. The number of morpholine rings is 1. The maximum atomic E-state index is 10.7. The Morgan fingerprint density at radius 2 is 2.44 bits per heavy atom. The molecule has 1 aliphatic rings. The Morgan fingerprint density at radius 3 is 3.11 bits per heavy atom. The topological polar surface area (TPSA) is 115 Å². The van der Waals surface area contributed by atoms with E-state index >= 15 is 0 Å². The molecule has 1 aromatic rings. The number of aliphatic hydroxyl groups is 1. The summed E-state index contributed by atoms with van der Waals surface area (Å²) in [6, 6.07) is 2.59. The van der Waals surface area contributed by atoms with E-state index in [0.29, 0.717) is 25.5 Å². The number of aromatic nitrogens is 1. The monoisotopic (exact) mass is 254 g/mol. The second kappa shape index (κ2) is 5.15. The fourth-order valence-electron chi connectivity index (χ4n) is 1.83. The van der Waals surface area contributed by atoms with Gasteiger partial charge in [-0.3, -0.25) is 10.1 Å². The summed E-state index contributed by atoms with van der Waals surface area (Å²) in [6.45, 7) is 1.34. The van der Waals surface area contributed by atoms with Crippen LogP contribution in [0.1, 0.15) is 0 Å². The third kappa shape index (κ3) is 2.66. The predicted molar refractivity (Wildman–Crippen MR) is 64.3 cm³/mol. The zero-order chi connectivity index (χ0) is 13.1. The highest BCUT2D eigenvalue weighted by Gasteiger charge is 2.22. The molecule has 8 heteroatoms. The van der Waals surface area contributed by atoms with E-state index in [2.05, 4.69) is 4.98 Å². The molecule has 0 bridgehead atoms. The number of hydrogen-bond donors (Lipinski definition) is 2. The highest BCUT2D eigenvalue weighted by molar-refractivity contribution is 5.54. The van der Waals surface area contributed by atoms with Crippen LogP contribution in [0.15, 0.2) is 12.1 Å². The first-order valence-electron chi connectivity index (χ1n) is 5.49. The molecule has 18 heavy (non-hydrogen) atoms. The van der Waals surface area contributed by atoms with Crippen LogP contribution in [-0.4, -0.2) is 47.4 Å². The molecule has 1 saturated heterocycles. The van der Waals surface area contributed by atoms with Crippen LogP contribution in [0.25, 0.3) is 0 Å². The molecule has 1 aromatic heterocycles. The van der Waals surface area contributed by atoms with Gasteiger partial charge in [-0.25, -0.2) is 4.98 Å². The molecule has 2 heterocycles. The molecule has 3 N–H and O–H groups in total.